The van der Waals surface area contributed by atoms with Crippen LogP contribution >= 0.6 is 0 Å². The van der Waals surface area contributed by atoms with E-state index in [9.17, 15) is 4.79 Å². The molecular weight excluding hydrogens is 426 g/mol. The van der Waals surface area contributed by atoms with Gasteiger partial charge in [-0.1, -0.05) is 6.07 Å². The first-order valence-electron chi connectivity index (χ1n) is 12.6. The molecule has 0 bridgehead atoms. The number of nitrogens with one attached hydrogen (secondary N) is 2. The Labute approximate surface area is 200 Å². The lowest BCUT2D eigenvalue weighted by atomic mass is 10.00. The molecule has 34 heavy (non-hydrogen) atoms. The van der Waals surface area contributed by atoms with Crippen molar-refractivity contribution in [2.24, 2.45) is 5.92 Å². The van der Waals surface area contributed by atoms with E-state index < -0.39 is 0 Å². The maximum absolute atomic E-state index is 11.8. The summed E-state index contributed by atoms with van der Waals surface area (Å²) in [6, 6.07) is 11.6. The number of piperazine rings is 1. The second kappa shape index (κ2) is 8.62. The fourth-order valence-electron chi connectivity index (χ4n) is 5.37. The van der Waals surface area contributed by atoms with Gasteiger partial charge in [0, 0.05) is 56.8 Å². The Balaban J connectivity index is 1.36. The molecule has 2 atom stereocenters. The van der Waals surface area contributed by atoms with Gasteiger partial charge in [-0.3, -0.25) is 4.79 Å². The Morgan fingerprint density at radius 3 is 2.65 bits per heavy atom. The third-order valence-electron chi connectivity index (χ3n) is 7.55. The zero-order valence-corrected chi connectivity index (χ0v) is 20.0. The molecule has 6 rings (SSSR count). The van der Waals surface area contributed by atoms with Crippen molar-refractivity contribution in [1.29, 1.82) is 0 Å². The average Bonchev–Trinajstić information content (AvgIpc) is 3.44. The number of ether oxygens (including phenoxy) is 1. The molecule has 2 N–H and O–H groups in total. The van der Waals surface area contributed by atoms with E-state index in [1.165, 1.54) is 29.7 Å². The van der Waals surface area contributed by atoms with Crippen molar-refractivity contribution in [3.63, 3.8) is 0 Å². The predicted octanol–water partition coefficient (Wildman–Crippen LogP) is 3.66. The summed E-state index contributed by atoms with van der Waals surface area (Å²) in [7, 11) is 0. The molecule has 1 aromatic heterocycles. The molecule has 178 valence electrons. The van der Waals surface area contributed by atoms with E-state index in [0.29, 0.717) is 19.0 Å². The van der Waals surface area contributed by atoms with E-state index in [2.05, 4.69) is 64.3 Å². The quantitative estimate of drug-likeness (QED) is 0.589. The number of hydrogen-bond donors (Lipinski definition) is 2. The van der Waals surface area contributed by atoms with Gasteiger partial charge in [0.2, 0.25) is 5.91 Å². The van der Waals surface area contributed by atoms with E-state index >= 15 is 0 Å². The van der Waals surface area contributed by atoms with E-state index in [4.69, 9.17) is 9.72 Å². The van der Waals surface area contributed by atoms with Crippen LogP contribution in [0.5, 0.6) is 5.75 Å². The third kappa shape index (κ3) is 4.02. The summed E-state index contributed by atoms with van der Waals surface area (Å²) in [5, 5.41) is 6.37. The standard InChI is InChI=1S/C27H33N5O2/c1-17-11-19(3-6-24(17)31-9-7-28-8-10-31)20-12-23-27(32(16-30-23)22-4-5-22)25(13-20)34-18(2)21-14-26(33)29-15-21/h3,6,11-13,16,18,21-22,28H,4-5,7-10,14-15H2,1-2H3,(H,29,33)/t18-,21?/m1/s1. The molecular formula is C27H33N5O2. The van der Waals surface area contributed by atoms with Crippen LogP contribution in [0.25, 0.3) is 22.2 Å². The first-order chi connectivity index (χ1) is 16.6. The van der Waals surface area contributed by atoms with Gasteiger partial charge in [-0.15, -0.1) is 0 Å². The summed E-state index contributed by atoms with van der Waals surface area (Å²) in [5.41, 5.74) is 6.93. The van der Waals surface area contributed by atoms with Gasteiger partial charge < -0.3 is 24.8 Å². The molecule has 1 amide bonds. The number of aromatic nitrogens is 2. The molecule has 7 nitrogen and oxygen atoms in total. The van der Waals surface area contributed by atoms with Gasteiger partial charge in [-0.05, 0) is 67.6 Å². The van der Waals surface area contributed by atoms with E-state index in [0.717, 1.165) is 48.5 Å². The number of anilines is 1. The Kier molecular flexibility index (Phi) is 5.44. The van der Waals surface area contributed by atoms with Gasteiger partial charge in [0.25, 0.3) is 0 Å². The van der Waals surface area contributed by atoms with Crippen molar-refractivity contribution in [2.75, 3.05) is 37.6 Å². The van der Waals surface area contributed by atoms with Crippen LogP contribution in [0.2, 0.25) is 0 Å². The van der Waals surface area contributed by atoms with Crippen LogP contribution in [0.15, 0.2) is 36.7 Å². The largest absolute Gasteiger partial charge is 0.488 e. The monoisotopic (exact) mass is 459 g/mol. The second-order valence-corrected chi connectivity index (χ2v) is 10.1. The van der Waals surface area contributed by atoms with Crippen LogP contribution in [-0.4, -0.2) is 54.3 Å². The molecule has 1 unspecified atom stereocenters. The summed E-state index contributed by atoms with van der Waals surface area (Å²) < 4.78 is 8.86. The lowest BCUT2D eigenvalue weighted by molar-refractivity contribution is -0.119. The van der Waals surface area contributed by atoms with Crippen molar-refractivity contribution >= 4 is 22.6 Å². The topological polar surface area (TPSA) is 71.4 Å². The van der Waals surface area contributed by atoms with Gasteiger partial charge in [0.1, 0.15) is 17.4 Å². The second-order valence-electron chi connectivity index (χ2n) is 10.1. The van der Waals surface area contributed by atoms with E-state index in [-0.39, 0.29) is 17.9 Å². The highest BCUT2D eigenvalue weighted by Crippen LogP contribution is 2.42. The smallest absolute Gasteiger partial charge is 0.220 e. The fourth-order valence-corrected chi connectivity index (χ4v) is 5.37. The molecule has 7 heteroatoms. The Morgan fingerprint density at radius 1 is 1.12 bits per heavy atom. The number of hydrogen-bond acceptors (Lipinski definition) is 5. The summed E-state index contributed by atoms with van der Waals surface area (Å²) in [4.78, 5) is 19.0. The average molecular weight is 460 g/mol. The van der Waals surface area contributed by atoms with Gasteiger partial charge in [-0.25, -0.2) is 4.98 Å². The number of imidazole rings is 1. The summed E-state index contributed by atoms with van der Waals surface area (Å²) >= 11 is 0. The summed E-state index contributed by atoms with van der Waals surface area (Å²) in [6.07, 6.45) is 4.81. The van der Waals surface area contributed by atoms with Crippen LogP contribution in [0.1, 0.15) is 37.8 Å². The molecule has 2 saturated heterocycles. The van der Waals surface area contributed by atoms with E-state index in [1.807, 2.05) is 6.33 Å². The van der Waals surface area contributed by atoms with Crippen LogP contribution in [0.4, 0.5) is 5.69 Å². The van der Waals surface area contributed by atoms with Gasteiger partial charge in [0.15, 0.2) is 0 Å². The SMILES string of the molecule is Cc1cc(-c2cc(O[C@H](C)C3CNC(=O)C3)c3c(c2)ncn3C2CC2)ccc1N1CCNCC1. The number of carbonyl (C=O) groups excluding carboxylic acids is 1. The number of aryl methyl sites for hydroxylation is 1. The number of nitrogens with zero attached hydrogens (tertiary/aromatic N) is 3. The minimum absolute atomic E-state index is 0.0585. The number of amides is 1. The van der Waals surface area contributed by atoms with Crippen LogP contribution in [0, 0.1) is 12.8 Å². The van der Waals surface area contributed by atoms with Gasteiger partial charge in [0.05, 0.1) is 11.8 Å². The molecule has 3 aromatic rings. The molecule has 0 spiro atoms. The first kappa shape index (κ1) is 21.5. The van der Waals surface area contributed by atoms with Crippen LogP contribution in [0.3, 0.4) is 0 Å². The maximum Gasteiger partial charge on any atom is 0.220 e. The van der Waals surface area contributed by atoms with Crippen molar-refractivity contribution < 1.29 is 9.53 Å². The zero-order chi connectivity index (χ0) is 23.2. The molecule has 1 saturated carbocycles. The normalized spacial score (nSPS) is 21.6. The summed E-state index contributed by atoms with van der Waals surface area (Å²) in [6.45, 7) is 9.10. The molecule has 3 heterocycles. The van der Waals surface area contributed by atoms with Crippen molar-refractivity contribution in [3.8, 4) is 16.9 Å². The van der Waals surface area contributed by atoms with Crippen molar-refractivity contribution in [2.45, 2.75) is 45.3 Å². The molecule has 1 aliphatic carbocycles. The number of fused-ring (bicyclic) bond motifs is 1. The molecule has 2 aromatic carbocycles. The van der Waals surface area contributed by atoms with Crippen LogP contribution < -0.4 is 20.3 Å². The fraction of sp³-hybridized carbons (Fsp3) is 0.481. The highest BCUT2D eigenvalue weighted by Gasteiger charge is 2.30. The molecule has 3 fully saturated rings. The Hall–Kier alpha value is -3.06. The number of rotatable bonds is 6. The van der Waals surface area contributed by atoms with Gasteiger partial charge in [-0.2, -0.15) is 0 Å². The minimum Gasteiger partial charge on any atom is -0.488 e. The molecule has 2 aliphatic heterocycles. The lowest BCUT2D eigenvalue weighted by Gasteiger charge is -2.31. The highest BCUT2D eigenvalue weighted by atomic mass is 16.5. The zero-order valence-electron chi connectivity index (χ0n) is 20.0. The minimum atomic E-state index is -0.0585. The van der Waals surface area contributed by atoms with Crippen molar-refractivity contribution in [1.82, 2.24) is 20.2 Å². The summed E-state index contributed by atoms with van der Waals surface area (Å²) in [5.74, 6) is 1.17. The lowest BCUT2D eigenvalue weighted by Crippen LogP contribution is -2.43. The number of carbonyl (C=O) groups is 1. The molecule has 0 radical (unpaired) electrons. The van der Waals surface area contributed by atoms with Crippen molar-refractivity contribution in [3.05, 3.63) is 42.2 Å². The number of benzene rings is 2. The Morgan fingerprint density at radius 2 is 1.94 bits per heavy atom. The first-order valence-corrected chi connectivity index (χ1v) is 12.6. The van der Waals surface area contributed by atoms with Gasteiger partial charge >= 0.3 is 0 Å². The molecule has 3 aliphatic rings. The maximum atomic E-state index is 11.8. The third-order valence-corrected chi connectivity index (χ3v) is 7.55. The Bertz CT molecular complexity index is 1230. The van der Waals surface area contributed by atoms with Crippen LogP contribution in [-0.2, 0) is 4.79 Å². The van der Waals surface area contributed by atoms with E-state index in [1.54, 1.807) is 0 Å². The highest BCUT2D eigenvalue weighted by molar-refractivity contribution is 5.88. The predicted molar refractivity (Wildman–Crippen MR) is 134 cm³/mol.